The molecule has 0 unspecified atom stereocenters. The van der Waals surface area contributed by atoms with Crippen molar-refractivity contribution < 1.29 is 19.0 Å². The Morgan fingerprint density at radius 1 is 1.09 bits per heavy atom. The number of aliphatic hydroxyl groups excluding tert-OH is 1. The number of hydrogen-bond acceptors (Lipinski definition) is 4. The Balaban J connectivity index is 2.30. The zero-order chi connectivity index (χ0) is 16.8. The third-order valence-corrected chi connectivity index (χ3v) is 8.72. The molecule has 0 aliphatic heterocycles. The van der Waals surface area contributed by atoms with Crippen molar-refractivity contribution in [2.75, 3.05) is 20.3 Å². The van der Waals surface area contributed by atoms with Gasteiger partial charge in [-0.25, -0.2) is 0 Å². The summed E-state index contributed by atoms with van der Waals surface area (Å²) in [6, 6.07) is 7.42. The lowest BCUT2D eigenvalue weighted by Gasteiger charge is -2.36. The van der Waals surface area contributed by atoms with Crippen LogP contribution >= 0.6 is 0 Å². The molecule has 5 heteroatoms. The summed E-state index contributed by atoms with van der Waals surface area (Å²) in [7, 11) is -0.163. The minimum Gasteiger partial charge on any atom is -0.497 e. The van der Waals surface area contributed by atoms with Gasteiger partial charge in [0.2, 0.25) is 0 Å². The molecule has 1 atom stereocenters. The van der Waals surface area contributed by atoms with E-state index in [0.29, 0.717) is 19.6 Å². The Morgan fingerprint density at radius 3 is 2.14 bits per heavy atom. The average Bonchev–Trinajstić information content (AvgIpc) is 2.45. The predicted molar refractivity (Wildman–Crippen MR) is 92.3 cm³/mol. The van der Waals surface area contributed by atoms with E-state index < -0.39 is 14.4 Å². The highest BCUT2D eigenvalue weighted by Gasteiger charge is 2.37. The lowest BCUT2D eigenvalue weighted by Crippen LogP contribution is -2.42. The Kier molecular flexibility index (Phi) is 6.90. The first-order valence-corrected chi connectivity index (χ1v) is 10.7. The molecular weight excluding hydrogens is 296 g/mol. The van der Waals surface area contributed by atoms with Crippen molar-refractivity contribution in [1.82, 2.24) is 0 Å². The van der Waals surface area contributed by atoms with E-state index in [1.54, 1.807) is 7.11 Å². The number of rotatable bonds is 8. The SMILES string of the molecule is COc1ccc(OCC[C@H](O)CO[Si](C)(C)C(C)(C)C)cc1. The molecule has 0 fully saturated rings. The van der Waals surface area contributed by atoms with E-state index >= 15 is 0 Å². The van der Waals surface area contributed by atoms with Gasteiger partial charge in [0.25, 0.3) is 0 Å². The van der Waals surface area contributed by atoms with Gasteiger partial charge in [0.05, 0.1) is 26.4 Å². The van der Waals surface area contributed by atoms with Gasteiger partial charge >= 0.3 is 0 Å². The summed E-state index contributed by atoms with van der Waals surface area (Å²) in [6.45, 7) is 11.8. The van der Waals surface area contributed by atoms with Crippen LogP contribution in [0.1, 0.15) is 27.2 Å². The molecule has 0 amide bonds. The lowest BCUT2D eigenvalue weighted by atomic mass is 10.2. The molecule has 4 nitrogen and oxygen atoms in total. The summed E-state index contributed by atoms with van der Waals surface area (Å²) < 4.78 is 16.7. The second kappa shape index (κ2) is 7.99. The number of benzene rings is 1. The van der Waals surface area contributed by atoms with E-state index in [1.165, 1.54) is 0 Å². The number of methoxy groups -OCH3 is 1. The number of ether oxygens (including phenoxy) is 2. The number of aliphatic hydroxyl groups is 1. The van der Waals surface area contributed by atoms with E-state index in [4.69, 9.17) is 13.9 Å². The Hall–Kier alpha value is -1.04. The molecule has 1 aromatic rings. The minimum absolute atomic E-state index is 0.159. The molecule has 0 bridgehead atoms. The third kappa shape index (κ3) is 5.99. The van der Waals surface area contributed by atoms with Gasteiger partial charge in [-0.2, -0.15) is 0 Å². The molecule has 0 aliphatic rings. The van der Waals surface area contributed by atoms with Crippen LogP contribution in [0.3, 0.4) is 0 Å². The standard InChI is InChI=1S/C17H30O4Si/c1-17(2,3)22(5,6)21-13-14(18)11-12-20-16-9-7-15(19-4)8-10-16/h7-10,14,18H,11-13H2,1-6H3/t14-/m0/s1. The van der Waals surface area contributed by atoms with Crippen LogP contribution in [0.5, 0.6) is 11.5 Å². The Morgan fingerprint density at radius 2 is 1.64 bits per heavy atom. The third-order valence-electron chi connectivity index (χ3n) is 4.22. The molecule has 0 spiro atoms. The summed E-state index contributed by atoms with van der Waals surface area (Å²) in [5, 5.41) is 10.2. The summed E-state index contributed by atoms with van der Waals surface area (Å²) in [4.78, 5) is 0. The van der Waals surface area contributed by atoms with Gasteiger partial charge in [-0.05, 0) is 42.4 Å². The molecule has 0 radical (unpaired) electrons. The first-order valence-electron chi connectivity index (χ1n) is 7.74. The maximum absolute atomic E-state index is 10.0. The van der Waals surface area contributed by atoms with Crippen LogP contribution < -0.4 is 9.47 Å². The van der Waals surface area contributed by atoms with Crippen LogP contribution in [0, 0.1) is 0 Å². The predicted octanol–water partition coefficient (Wildman–Crippen LogP) is 3.85. The zero-order valence-electron chi connectivity index (χ0n) is 14.7. The first kappa shape index (κ1) is 19.0. The van der Waals surface area contributed by atoms with Gasteiger partial charge in [-0.15, -0.1) is 0 Å². The minimum atomic E-state index is -1.80. The van der Waals surface area contributed by atoms with Gasteiger partial charge in [0.1, 0.15) is 11.5 Å². The van der Waals surface area contributed by atoms with Crippen LogP contribution in [0.15, 0.2) is 24.3 Å². The maximum Gasteiger partial charge on any atom is 0.192 e. The van der Waals surface area contributed by atoms with Gasteiger partial charge in [-0.1, -0.05) is 20.8 Å². The highest BCUT2D eigenvalue weighted by molar-refractivity contribution is 6.74. The van der Waals surface area contributed by atoms with Crippen LogP contribution in [0.2, 0.25) is 18.1 Å². The quantitative estimate of drug-likeness (QED) is 0.737. The summed E-state index contributed by atoms with van der Waals surface area (Å²) in [5.41, 5.74) is 0. The molecular formula is C17H30O4Si. The van der Waals surface area contributed by atoms with Crippen molar-refractivity contribution in [3.8, 4) is 11.5 Å². The van der Waals surface area contributed by atoms with Gasteiger partial charge in [0.15, 0.2) is 8.32 Å². The highest BCUT2D eigenvalue weighted by Crippen LogP contribution is 2.36. The Labute approximate surface area is 135 Å². The average molecular weight is 327 g/mol. The molecule has 1 N–H and O–H groups in total. The summed E-state index contributed by atoms with van der Waals surface area (Å²) in [5.74, 6) is 1.58. The second-order valence-corrected chi connectivity index (χ2v) is 11.8. The zero-order valence-corrected chi connectivity index (χ0v) is 15.7. The van der Waals surface area contributed by atoms with E-state index in [2.05, 4.69) is 33.9 Å². The summed E-state index contributed by atoms with van der Waals surface area (Å²) in [6.07, 6.45) is 0.0630. The monoisotopic (exact) mass is 326 g/mol. The molecule has 1 aromatic carbocycles. The van der Waals surface area contributed by atoms with E-state index in [9.17, 15) is 5.11 Å². The van der Waals surface area contributed by atoms with Gasteiger partial charge in [-0.3, -0.25) is 0 Å². The van der Waals surface area contributed by atoms with Crippen LogP contribution in [0.25, 0.3) is 0 Å². The van der Waals surface area contributed by atoms with E-state index in [0.717, 1.165) is 11.5 Å². The van der Waals surface area contributed by atoms with Crippen molar-refractivity contribution in [1.29, 1.82) is 0 Å². The molecule has 0 heterocycles. The molecule has 0 aliphatic carbocycles. The first-order chi connectivity index (χ1) is 10.2. The molecule has 0 aromatic heterocycles. The fourth-order valence-corrected chi connectivity index (χ4v) is 2.63. The van der Waals surface area contributed by atoms with Crippen molar-refractivity contribution in [2.45, 2.75) is 51.4 Å². The van der Waals surface area contributed by atoms with Crippen molar-refractivity contribution in [2.24, 2.45) is 0 Å². The van der Waals surface area contributed by atoms with Gasteiger partial charge < -0.3 is 19.0 Å². The molecule has 1 rings (SSSR count). The molecule has 22 heavy (non-hydrogen) atoms. The second-order valence-electron chi connectivity index (χ2n) is 7.04. The molecule has 0 saturated carbocycles. The number of hydrogen-bond donors (Lipinski definition) is 1. The lowest BCUT2D eigenvalue weighted by molar-refractivity contribution is 0.0797. The summed E-state index contributed by atoms with van der Waals surface area (Å²) >= 11 is 0. The highest BCUT2D eigenvalue weighted by atomic mass is 28.4. The maximum atomic E-state index is 10.0. The Bertz CT molecular complexity index is 437. The van der Waals surface area contributed by atoms with E-state index in [1.807, 2.05) is 24.3 Å². The van der Waals surface area contributed by atoms with E-state index in [-0.39, 0.29) is 5.04 Å². The van der Waals surface area contributed by atoms with Crippen LogP contribution in [0.4, 0.5) is 0 Å². The fourth-order valence-electron chi connectivity index (χ4n) is 1.59. The van der Waals surface area contributed by atoms with Crippen LogP contribution in [-0.4, -0.2) is 39.9 Å². The smallest absolute Gasteiger partial charge is 0.192 e. The topological polar surface area (TPSA) is 47.9 Å². The molecule has 0 saturated heterocycles. The van der Waals surface area contributed by atoms with Crippen molar-refractivity contribution >= 4 is 8.32 Å². The van der Waals surface area contributed by atoms with Gasteiger partial charge in [0, 0.05) is 6.42 Å². The largest absolute Gasteiger partial charge is 0.497 e. The van der Waals surface area contributed by atoms with Crippen LogP contribution in [-0.2, 0) is 4.43 Å². The van der Waals surface area contributed by atoms with Crippen molar-refractivity contribution in [3.05, 3.63) is 24.3 Å². The normalized spacial score (nSPS) is 13.8. The van der Waals surface area contributed by atoms with Crippen molar-refractivity contribution in [3.63, 3.8) is 0 Å². The molecule has 126 valence electrons. The fraction of sp³-hybridized carbons (Fsp3) is 0.647.